The molecular weight excluding hydrogens is 424 g/mol. The Morgan fingerprint density at radius 3 is 2.31 bits per heavy atom. The highest BCUT2D eigenvalue weighted by Crippen LogP contribution is 2.28. The smallest absolute Gasteiger partial charge is 0.235 e. The van der Waals surface area contributed by atoms with Crippen LogP contribution in [-0.4, -0.2) is 64.8 Å². The van der Waals surface area contributed by atoms with E-state index in [-0.39, 0.29) is 22.5 Å². The summed E-state index contributed by atoms with van der Waals surface area (Å²) in [5.41, 5.74) is -0.208. The van der Waals surface area contributed by atoms with E-state index in [0.717, 1.165) is 0 Å². The fourth-order valence-corrected chi connectivity index (χ4v) is 3.30. The van der Waals surface area contributed by atoms with Gasteiger partial charge in [-0.1, -0.05) is 0 Å². The summed E-state index contributed by atoms with van der Waals surface area (Å²) in [5.74, 6) is 1.24. The Hall–Kier alpha value is -3.15. The van der Waals surface area contributed by atoms with Crippen LogP contribution in [0.15, 0.2) is 57.9 Å². The van der Waals surface area contributed by atoms with E-state index in [1.807, 2.05) is 0 Å². The average molecular weight is 446 g/mol. The third kappa shape index (κ3) is 4.27. The summed E-state index contributed by atoms with van der Waals surface area (Å²) in [5, 5.41) is 39.4. The van der Waals surface area contributed by atoms with Gasteiger partial charge in [0.25, 0.3) is 0 Å². The maximum absolute atomic E-state index is 12.8. The lowest BCUT2D eigenvalue weighted by Gasteiger charge is -2.39. The molecule has 2 heterocycles. The third-order valence-electron chi connectivity index (χ3n) is 5.10. The molecule has 0 spiro atoms. The van der Waals surface area contributed by atoms with Crippen LogP contribution in [0.25, 0.3) is 11.0 Å². The van der Waals surface area contributed by atoms with Crippen LogP contribution in [0.1, 0.15) is 0 Å². The van der Waals surface area contributed by atoms with Crippen LogP contribution >= 0.6 is 0 Å². The Labute approximate surface area is 181 Å². The molecule has 1 aliphatic rings. The summed E-state index contributed by atoms with van der Waals surface area (Å²) in [6.07, 6.45) is -5.90. The average Bonchev–Trinajstić information content (AvgIpc) is 2.81. The molecule has 1 saturated heterocycles. The van der Waals surface area contributed by atoms with Crippen LogP contribution in [0.2, 0.25) is 0 Å². The first kappa shape index (κ1) is 22.1. The molecule has 1 aromatic heterocycles. The predicted octanol–water partition coefficient (Wildman–Crippen LogP) is 0.773. The molecule has 0 saturated carbocycles. The quantitative estimate of drug-likeness (QED) is 0.428. The van der Waals surface area contributed by atoms with Gasteiger partial charge in [-0.15, -0.1) is 0 Å². The van der Waals surface area contributed by atoms with Gasteiger partial charge in [-0.3, -0.25) is 4.79 Å². The zero-order chi connectivity index (χ0) is 22.8. The molecule has 5 unspecified atom stereocenters. The number of ether oxygens (including phenoxy) is 4. The number of benzene rings is 2. The minimum absolute atomic E-state index is 0.00901. The van der Waals surface area contributed by atoms with Crippen LogP contribution in [0.3, 0.4) is 0 Å². The molecule has 1 fully saturated rings. The number of fused-ring (bicyclic) bond motifs is 1. The van der Waals surface area contributed by atoms with Crippen molar-refractivity contribution in [2.75, 3.05) is 13.7 Å². The zero-order valence-corrected chi connectivity index (χ0v) is 17.0. The molecule has 32 heavy (non-hydrogen) atoms. The number of aliphatic hydroxyl groups excluding tert-OH is 4. The SMILES string of the molecule is COc1ccc(Oc2coc3cc(OC4OC(CO)C(O)C(O)C4O)ccc3c2=O)cc1. The molecule has 4 N–H and O–H groups in total. The molecule has 4 rings (SSSR count). The van der Waals surface area contributed by atoms with Crippen LogP contribution in [0.5, 0.6) is 23.0 Å². The molecule has 5 atom stereocenters. The third-order valence-corrected chi connectivity index (χ3v) is 5.10. The highest BCUT2D eigenvalue weighted by molar-refractivity contribution is 5.79. The van der Waals surface area contributed by atoms with Crippen molar-refractivity contribution in [3.05, 3.63) is 59.0 Å². The van der Waals surface area contributed by atoms with Gasteiger partial charge in [0.1, 0.15) is 53.5 Å². The molecule has 0 amide bonds. The van der Waals surface area contributed by atoms with Crippen molar-refractivity contribution in [1.29, 1.82) is 0 Å². The van der Waals surface area contributed by atoms with E-state index >= 15 is 0 Å². The maximum Gasteiger partial charge on any atom is 0.235 e. The van der Waals surface area contributed by atoms with E-state index in [0.29, 0.717) is 11.5 Å². The summed E-state index contributed by atoms with van der Waals surface area (Å²) in [6, 6.07) is 11.0. The molecule has 10 heteroatoms. The molecule has 0 bridgehead atoms. The van der Waals surface area contributed by atoms with E-state index < -0.39 is 42.7 Å². The lowest BCUT2D eigenvalue weighted by Crippen LogP contribution is -2.60. The summed E-state index contributed by atoms with van der Waals surface area (Å²) < 4.78 is 27.1. The Kier molecular flexibility index (Phi) is 6.31. The molecule has 10 nitrogen and oxygen atoms in total. The number of hydrogen-bond donors (Lipinski definition) is 4. The van der Waals surface area contributed by atoms with Crippen molar-refractivity contribution >= 4 is 11.0 Å². The summed E-state index contributed by atoms with van der Waals surface area (Å²) in [7, 11) is 1.54. The van der Waals surface area contributed by atoms with E-state index in [1.165, 1.54) is 24.5 Å². The van der Waals surface area contributed by atoms with Crippen LogP contribution < -0.4 is 19.6 Å². The minimum Gasteiger partial charge on any atom is -0.497 e. The Bertz CT molecular complexity index is 1120. The molecule has 3 aromatic rings. The van der Waals surface area contributed by atoms with Crippen LogP contribution in [0.4, 0.5) is 0 Å². The monoisotopic (exact) mass is 446 g/mol. The maximum atomic E-state index is 12.8. The fraction of sp³-hybridized carbons (Fsp3) is 0.318. The van der Waals surface area contributed by atoms with E-state index in [4.69, 9.17) is 23.4 Å². The van der Waals surface area contributed by atoms with Gasteiger partial charge < -0.3 is 43.8 Å². The van der Waals surface area contributed by atoms with Crippen molar-refractivity contribution in [3.8, 4) is 23.0 Å². The molecule has 2 aromatic carbocycles. The number of rotatable bonds is 6. The minimum atomic E-state index is -1.57. The van der Waals surface area contributed by atoms with Gasteiger partial charge in [-0.25, -0.2) is 0 Å². The molecular formula is C22H22O10. The molecule has 170 valence electrons. The van der Waals surface area contributed by atoms with E-state index in [9.17, 15) is 25.2 Å². The second kappa shape index (κ2) is 9.15. The number of methoxy groups -OCH3 is 1. The van der Waals surface area contributed by atoms with Gasteiger partial charge in [-0.05, 0) is 36.4 Å². The van der Waals surface area contributed by atoms with Gasteiger partial charge in [0.05, 0.1) is 19.1 Å². The summed E-state index contributed by atoms with van der Waals surface area (Å²) >= 11 is 0. The number of aliphatic hydroxyl groups is 4. The standard InChI is InChI=1S/C22H22O10/c1-28-11-2-4-12(5-3-11)30-17-10-29-15-8-13(6-7-14(15)18(17)24)31-22-21(27)20(26)19(25)16(9-23)32-22/h2-8,10,16,19-23,25-27H,9H2,1H3. The Morgan fingerprint density at radius 1 is 0.938 bits per heavy atom. The van der Waals surface area contributed by atoms with Crippen LogP contribution in [0, 0.1) is 0 Å². The van der Waals surface area contributed by atoms with Crippen LogP contribution in [-0.2, 0) is 4.74 Å². The molecule has 0 aliphatic carbocycles. The molecule has 1 aliphatic heterocycles. The van der Waals surface area contributed by atoms with Gasteiger partial charge >= 0.3 is 0 Å². The second-order valence-electron chi connectivity index (χ2n) is 7.18. The Morgan fingerprint density at radius 2 is 1.62 bits per heavy atom. The first-order valence-corrected chi connectivity index (χ1v) is 9.76. The van der Waals surface area contributed by atoms with Gasteiger partial charge in [0, 0.05) is 6.07 Å². The lowest BCUT2D eigenvalue weighted by molar-refractivity contribution is -0.277. The Balaban J connectivity index is 1.54. The normalized spacial score (nSPS) is 25.5. The van der Waals surface area contributed by atoms with Gasteiger partial charge in [-0.2, -0.15) is 0 Å². The summed E-state index contributed by atoms with van der Waals surface area (Å²) in [4.78, 5) is 12.8. The van der Waals surface area contributed by atoms with Crippen molar-refractivity contribution in [3.63, 3.8) is 0 Å². The summed E-state index contributed by atoms with van der Waals surface area (Å²) in [6.45, 7) is -0.575. The van der Waals surface area contributed by atoms with E-state index in [2.05, 4.69) is 0 Å². The predicted molar refractivity (Wildman–Crippen MR) is 110 cm³/mol. The zero-order valence-electron chi connectivity index (χ0n) is 17.0. The second-order valence-corrected chi connectivity index (χ2v) is 7.18. The van der Waals surface area contributed by atoms with Gasteiger partial charge in [0.2, 0.25) is 17.5 Å². The van der Waals surface area contributed by atoms with Crippen molar-refractivity contribution in [2.24, 2.45) is 0 Å². The highest BCUT2D eigenvalue weighted by Gasteiger charge is 2.44. The van der Waals surface area contributed by atoms with Crippen molar-refractivity contribution < 1.29 is 43.8 Å². The first-order chi connectivity index (χ1) is 15.4. The topological polar surface area (TPSA) is 148 Å². The fourth-order valence-electron chi connectivity index (χ4n) is 3.30. The highest BCUT2D eigenvalue weighted by atomic mass is 16.7. The number of hydrogen-bond acceptors (Lipinski definition) is 10. The lowest BCUT2D eigenvalue weighted by atomic mass is 9.99. The van der Waals surface area contributed by atoms with Crippen molar-refractivity contribution in [2.45, 2.75) is 30.7 Å². The first-order valence-electron chi connectivity index (χ1n) is 9.76. The largest absolute Gasteiger partial charge is 0.497 e. The van der Waals surface area contributed by atoms with Crippen molar-refractivity contribution in [1.82, 2.24) is 0 Å². The van der Waals surface area contributed by atoms with E-state index in [1.54, 1.807) is 31.4 Å². The van der Waals surface area contributed by atoms with Gasteiger partial charge in [0.15, 0.2) is 0 Å². The molecule has 0 radical (unpaired) electrons.